The Labute approximate surface area is 85.9 Å². The third kappa shape index (κ3) is 2.45. The molecule has 0 unspecified atom stereocenters. The van der Waals surface area contributed by atoms with Gasteiger partial charge in [0.1, 0.15) is 0 Å². The maximum Gasteiger partial charge on any atom is 0.0993 e. The van der Waals surface area contributed by atoms with Crippen LogP contribution in [0.5, 0.6) is 0 Å². The van der Waals surface area contributed by atoms with Gasteiger partial charge in [-0.2, -0.15) is 5.10 Å². The highest BCUT2D eigenvalue weighted by molar-refractivity contribution is 14.1. The van der Waals surface area contributed by atoms with Gasteiger partial charge in [-0.15, -0.1) is 0 Å². The molecule has 1 N–H and O–H groups in total. The second-order valence-corrected chi connectivity index (χ2v) is 4.30. The lowest BCUT2D eigenvalue weighted by Gasteiger charge is -2.05. The van der Waals surface area contributed by atoms with Gasteiger partial charge in [0.25, 0.3) is 0 Å². The van der Waals surface area contributed by atoms with Gasteiger partial charge in [0.05, 0.1) is 16.0 Å². The summed E-state index contributed by atoms with van der Waals surface area (Å²) in [6.45, 7) is 5.24. The smallest absolute Gasteiger partial charge is 0.0993 e. The highest BCUT2D eigenvalue weighted by atomic mass is 127. The van der Waals surface area contributed by atoms with Gasteiger partial charge in [-0.1, -0.05) is 13.8 Å². The number of aliphatic hydroxyl groups is 1. The van der Waals surface area contributed by atoms with Crippen molar-refractivity contribution in [2.24, 2.45) is 5.92 Å². The van der Waals surface area contributed by atoms with Crippen LogP contribution in [0.25, 0.3) is 0 Å². The largest absolute Gasteiger partial charge is 0.390 e. The van der Waals surface area contributed by atoms with E-state index in [1.54, 1.807) is 0 Å². The van der Waals surface area contributed by atoms with Crippen molar-refractivity contribution in [2.45, 2.75) is 27.0 Å². The van der Waals surface area contributed by atoms with E-state index < -0.39 is 0 Å². The molecule has 0 fully saturated rings. The van der Waals surface area contributed by atoms with Gasteiger partial charge in [0.2, 0.25) is 0 Å². The third-order valence-corrected chi connectivity index (χ3v) is 2.35. The SMILES string of the molecule is CC(C)Cn1nc(CO)cc1I. The maximum absolute atomic E-state index is 8.83. The summed E-state index contributed by atoms with van der Waals surface area (Å²) in [5.74, 6) is 0.588. The van der Waals surface area contributed by atoms with Crippen LogP contribution in [-0.2, 0) is 13.2 Å². The predicted octanol–water partition coefficient (Wildman–Crippen LogP) is 1.64. The van der Waals surface area contributed by atoms with E-state index in [4.69, 9.17) is 5.11 Å². The molecule has 0 aliphatic heterocycles. The van der Waals surface area contributed by atoms with Gasteiger partial charge in [-0.3, -0.25) is 4.68 Å². The first-order valence-electron chi connectivity index (χ1n) is 3.96. The minimum absolute atomic E-state index is 0.0289. The van der Waals surface area contributed by atoms with Gasteiger partial charge >= 0.3 is 0 Å². The Morgan fingerprint density at radius 2 is 2.33 bits per heavy atom. The Hall–Kier alpha value is -0.100. The van der Waals surface area contributed by atoms with Gasteiger partial charge in [-0.05, 0) is 34.6 Å². The molecule has 0 aromatic carbocycles. The van der Waals surface area contributed by atoms with E-state index >= 15 is 0 Å². The summed E-state index contributed by atoms with van der Waals surface area (Å²) in [6.07, 6.45) is 0. The van der Waals surface area contributed by atoms with Crippen molar-refractivity contribution in [1.82, 2.24) is 9.78 Å². The summed E-state index contributed by atoms with van der Waals surface area (Å²) >= 11 is 2.23. The van der Waals surface area contributed by atoms with E-state index in [2.05, 4.69) is 41.5 Å². The van der Waals surface area contributed by atoms with Gasteiger partial charge in [0.15, 0.2) is 0 Å². The molecular weight excluding hydrogens is 267 g/mol. The van der Waals surface area contributed by atoms with Crippen LogP contribution >= 0.6 is 22.6 Å². The van der Waals surface area contributed by atoms with Crippen LogP contribution in [0, 0.1) is 9.62 Å². The van der Waals surface area contributed by atoms with Crippen LogP contribution < -0.4 is 0 Å². The number of nitrogens with zero attached hydrogens (tertiary/aromatic N) is 2. The van der Waals surface area contributed by atoms with Crippen molar-refractivity contribution in [3.05, 3.63) is 15.5 Å². The zero-order chi connectivity index (χ0) is 9.14. The molecule has 1 heterocycles. The van der Waals surface area contributed by atoms with Crippen LogP contribution in [0.2, 0.25) is 0 Å². The van der Waals surface area contributed by atoms with E-state index in [-0.39, 0.29) is 6.61 Å². The van der Waals surface area contributed by atoms with E-state index in [0.29, 0.717) is 5.92 Å². The Morgan fingerprint density at radius 3 is 2.75 bits per heavy atom. The highest BCUT2D eigenvalue weighted by Gasteiger charge is 2.05. The molecule has 0 saturated heterocycles. The Kier molecular flexibility index (Phi) is 3.52. The molecule has 0 bridgehead atoms. The summed E-state index contributed by atoms with van der Waals surface area (Å²) < 4.78 is 3.02. The maximum atomic E-state index is 8.83. The number of hydrogen-bond acceptors (Lipinski definition) is 2. The van der Waals surface area contributed by atoms with Crippen LogP contribution in [0.1, 0.15) is 19.5 Å². The molecule has 3 nitrogen and oxygen atoms in total. The standard InChI is InChI=1S/C8H13IN2O/c1-6(2)4-11-8(9)3-7(5-12)10-11/h3,6,12H,4-5H2,1-2H3. The lowest BCUT2D eigenvalue weighted by atomic mass is 10.2. The van der Waals surface area contributed by atoms with Crippen LogP contribution in [0.4, 0.5) is 0 Å². The number of halogens is 1. The fourth-order valence-corrected chi connectivity index (χ4v) is 1.66. The number of hydrogen-bond donors (Lipinski definition) is 1. The third-order valence-electron chi connectivity index (χ3n) is 1.48. The summed E-state index contributed by atoms with van der Waals surface area (Å²) in [5.41, 5.74) is 0.750. The van der Waals surface area contributed by atoms with Crippen molar-refractivity contribution >= 4 is 22.6 Å². The van der Waals surface area contributed by atoms with Crippen molar-refractivity contribution in [1.29, 1.82) is 0 Å². The van der Waals surface area contributed by atoms with Crippen LogP contribution in [0.3, 0.4) is 0 Å². The minimum Gasteiger partial charge on any atom is -0.390 e. The first-order valence-corrected chi connectivity index (χ1v) is 5.04. The molecule has 0 saturated carbocycles. The molecule has 12 heavy (non-hydrogen) atoms. The normalized spacial score (nSPS) is 11.1. The molecular formula is C8H13IN2O. The van der Waals surface area contributed by atoms with Crippen molar-refractivity contribution < 1.29 is 5.11 Å². The molecule has 1 aromatic rings. The second-order valence-electron chi connectivity index (χ2n) is 3.19. The average Bonchev–Trinajstić information content (AvgIpc) is 2.31. The molecule has 0 atom stereocenters. The zero-order valence-corrected chi connectivity index (χ0v) is 9.45. The molecule has 0 aliphatic rings. The van der Waals surface area contributed by atoms with Crippen molar-refractivity contribution in [3.8, 4) is 0 Å². The molecule has 0 amide bonds. The number of aromatic nitrogens is 2. The predicted molar refractivity (Wildman–Crippen MR) is 55.7 cm³/mol. The fourth-order valence-electron chi connectivity index (χ4n) is 0.995. The van der Waals surface area contributed by atoms with Gasteiger partial charge in [0, 0.05) is 6.54 Å². The summed E-state index contributed by atoms with van der Waals surface area (Å²) in [6, 6.07) is 1.91. The van der Waals surface area contributed by atoms with E-state index in [1.165, 1.54) is 0 Å². The minimum atomic E-state index is 0.0289. The molecule has 4 heteroatoms. The summed E-state index contributed by atoms with van der Waals surface area (Å²) in [4.78, 5) is 0. The average molecular weight is 280 g/mol. The monoisotopic (exact) mass is 280 g/mol. The Morgan fingerprint density at radius 1 is 1.67 bits per heavy atom. The molecule has 68 valence electrons. The molecule has 0 spiro atoms. The summed E-state index contributed by atoms with van der Waals surface area (Å²) in [7, 11) is 0. The number of aliphatic hydroxyl groups excluding tert-OH is 1. The quantitative estimate of drug-likeness (QED) is 0.855. The van der Waals surface area contributed by atoms with Gasteiger partial charge in [-0.25, -0.2) is 0 Å². The van der Waals surface area contributed by atoms with E-state index in [9.17, 15) is 0 Å². The fraction of sp³-hybridized carbons (Fsp3) is 0.625. The second kappa shape index (κ2) is 4.23. The molecule has 1 aromatic heterocycles. The van der Waals surface area contributed by atoms with Gasteiger partial charge < -0.3 is 5.11 Å². The lowest BCUT2D eigenvalue weighted by Crippen LogP contribution is -2.07. The molecule has 1 rings (SSSR count). The Bertz CT molecular complexity index is 258. The topological polar surface area (TPSA) is 38.0 Å². The van der Waals surface area contributed by atoms with E-state index in [0.717, 1.165) is 15.9 Å². The van der Waals surface area contributed by atoms with E-state index in [1.807, 2.05) is 10.7 Å². The summed E-state index contributed by atoms with van der Waals surface area (Å²) in [5, 5.41) is 13.1. The van der Waals surface area contributed by atoms with Crippen molar-refractivity contribution in [3.63, 3.8) is 0 Å². The molecule has 0 aliphatic carbocycles. The zero-order valence-electron chi connectivity index (χ0n) is 7.29. The van der Waals surface area contributed by atoms with Crippen molar-refractivity contribution in [2.75, 3.05) is 0 Å². The Balaban J connectivity index is 2.77. The first kappa shape index (κ1) is 9.98. The highest BCUT2D eigenvalue weighted by Crippen LogP contribution is 2.09. The number of rotatable bonds is 3. The lowest BCUT2D eigenvalue weighted by molar-refractivity contribution is 0.274. The molecule has 0 radical (unpaired) electrons. The van der Waals surface area contributed by atoms with Crippen LogP contribution in [0.15, 0.2) is 6.07 Å². The van der Waals surface area contributed by atoms with Crippen LogP contribution in [-0.4, -0.2) is 14.9 Å². The first-order chi connectivity index (χ1) is 5.63.